The van der Waals surface area contributed by atoms with Crippen LogP contribution in [0.15, 0.2) is 0 Å². The van der Waals surface area contributed by atoms with Gasteiger partial charge in [0.05, 0.1) is 12.7 Å². The zero-order valence-electron chi connectivity index (χ0n) is 20.5. The molecule has 3 nitrogen and oxygen atoms in total. The Hall–Kier alpha value is -0.126. The average molecular weight is 427 g/mol. The molecule has 1 saturated heterocycles. The SMILES string of the molecule is C[C@@H](CCCCC#C[Si](C)(C)C)[C@@H]1OC(C)(C)O[C@H]1CO[Si](C)(C)C(C)(C)C. The van der Waals surface area contributed by atoms with Crippen LogP contribution in [0.1, 0.15) is 67.2 Å². The van der Waals surface area contributed by atoms with Gasteiger partial charge in [-0.2, -0.15) is 0 Å². The van der Waals surface area contributed by atoms with Gasteiger partial charge in [0.2, 0.25) is 0 Å². The van der Waals surface area contributed by atoms with Crippen LogP contribution < -0.4 is 0 Å². The molecule has 0 saturated carbocycles. The molecule has 0 bridgehead atoms. The predicted molar refractivity (Wildman–Crippen MR) is 126 cm³/mol. The van der Waals surface area contributed by atoms with Crippen molar-refractivity contribution in [1.29, 1.82) is 0 Å². The van der Waals surface area contributed by atoms with E-state index >= 15 is 0 Å². The summed E-state index contributed by atoms with van der Waals surface area (Å²) in [6, 6.07) is 0. The minimum Gasteiger partial charge on any atom is -0.414 e. The summed E-state index contributed by atoms with van der Waals surface area (Å²) < 4.78 is 19.0. The topological polar surface area (TPSA) is 27.7 Å². The highest BCUT2D eigenvalue weighted by molar-refractivity contribution is 6.83. The van der Waals surface area contributed by atoms with Crippen molar-refractivity contribution >= 4 is 16.4 Å². The third-order valence-corrected chi connectivity index (χ3v) is 11.3. The van der Waals surface area contributed by atoms with Crippen molar-refractivity contribution in [2.45, 2.75) is 123 Å². The van der Waals surface area contributed by atoms with Crippen LogP contribution in [0, 0.1) is 17.4 Å². The van der Waals surface area contributed by atoms with E-state index in [4.69, 9.17) is 13.9 Å². The van der Waals surface area contributed by atoms with Gasteiger partial charge in [-0.1, -0.05) is 53.8 Å². The summed E-state index contributed by atoms with van der Waals surface area (Å²) in [5, 5.41) is 0.208. The average Bonchev–Trinajstić information content (AvgIpc) is 2.81. The predicted octanol–water partition coefficient (Wildman–Crippen LogP) is 6.61. The van der Waals surface area contributed by atoms with Crippen molar-refractivity contribution in [2.24, 2.45) is 5.92 Å². The van der Waals surface area contributed by atoms with Crippen molar-refractivity contribution in [1.82, 2.24) is 0 Å². The fourth-order valence-corrected chi connectivity index (χ4v) is 4.82. The van der Waals surface area contributed by atoms with Crippen LogP contribution in [0.3, 0.4) is 0 Å². The maximum absolute atomic E-state index is 6.46. The Bertz CT molecular complexity index is 547. The van der Waals surface area contributed by atoms with E-state index in [1.54, 1.807) is 0 Å². The molecular formula is C23H46O3Si2. The Kier molecular flexibility index (Phi) is 9.06. The van der Waals surface area contributed by atoms with Crippen molar-refractivity contribution in [3.8, 4) is 11.5 Å². The van der Waals surface area contributed by atoms with Crippen LogP contribution in [0.5, 0.6) is 0 Å². The van der Waals surface area contributed by atoms with Crippen LogP contribution in [-0.2, 0) is 13.9 Å². The third-order valence-electron chi connectivity index (χ3n) is 5.87. The first-order chi connectivity index (χ1) is 12.5. The maximum Gasteiger partial charge on any atom is 0.192 e. The van der Waals surface area contributed by atoms with Gasteiger partial charge in [-0.3, -0.25) is 0 Å². The van der Waals surface area contributed by atoms with E-state index in [0.717, 1.165) is 12.8 Å². The zero-order chi connectivity index (χ0) is 21.8. The van der Waals surface area contributed by atoms with Gasteiger partial charge in [0.1, 0.15) is 14.2 Å². The van der Waals surface area contributed by atoms with E-state index in [0.29, 0.717) is 12.5 Å². The number of hydrogen-bond donors (Lipinski definition) is 0. The number of unbranched alkanes of at least 4 members (excludes halogenated alkanes) is 2. The summed E-state index contributed by atoms with van der Waals surface area (Å²) in [5.74, 6) is 3.32. The van der Waals surface area contributed by atoms with Crippen LogP contribution in [0.25, 0.3) is 0 Å². The normalized spacial score (nSPS) is 24.0. The summed E-state index contributed by atoms with van der Waals surface area (Å²) in [6.45, 7) is 25.3. The van der Waals surface area contributed by atoms with Crippen molar-refractivity contribution in [2.75, 3.05) is 6.61 Å². The standard InChI is InChI=1S/C23H46O3Si2/c1-19(16-14-12-13-15-17-27(7,8)9)21-20(25-23(5,6)26-21)18-24-28(10,11)22(2,3)4/h19-21H,12-14,16,18H2,1-11H3/t19-,20-,21-/m0/s1. The first kappa shape index (κ1) is 25.9. The maximum atomic E-state index is 6.46. The lowest BCUT2D eigenvalue weighted by Crippen LogP contribution is -2.44. The molecule has 1 fully saturated rings. The Labute approximate surface area is 177 Å². The highest BCUT2D eigenvalue weighted by Crippen LogP contribution is 2.39. The van der Waals surface area contributed by atoms with Crippen molar-refractivity contribution in [3.05, 3.63) is 0 Å². The molecule has 1 heterocycles. The largest absolute Gasteiger partial charge is 0.414 e. The lowest BCUT2D eigenvalue weighted by atomic mass is 9.94. The fraction of sp³-hybridized carbons (Fsp3) is 0.913. The van der Waals surface area contributed by atoms with Gasteiger partial charge in [-0.15, -0.1) is 11.5 Å². The Morgan fingerprint density at radius 3 is 2.18 bits per heavy atom. The molecular weight excluding hydrogens is 380 g/mol. The smallest absolute Gasteiger partial charge is 0.192 e. The Balaban J connectivity index is 2.56. The molecule has 0 aromatic carbocycles. The second kappa shape index (κ2) is 9.79. The second-order valence-electron chi connectivity index (χ2n) is 11.5. The van der Waals surface area contributed by atoms with Crippen LogP contribution in [-0.4, -0.2) is 41.0 Å². The van der Waals surface area contributed by atoms with Gasteiger partial charge in [0.25, 0.3) is 0 Å². The van der Waals surface area contributed by atoms with Crippen molar-refractivity contribution in [3.63, 3.8) is 0 Å². The van der Waals surface area contributed by atoms with Gasteiger partial charge in [-0.05, 0) is 50.7 Å². The van der Waals surface area contributed by atoms with Gasteiger partial charge in [-0.25, -0.2) is 0 Å². The molecule has 28 heavy (non-hydrogen) atoms. The molecule has 0 aromatic heterocycles. The zero-order valence-corrected chi connectivity index (χ0v) is 22.5. The minimum absolute atomic E-state index is 0.0193. The van der Waals surface area contributed by atoms with Crippen LogP contribution in [0.2, 0.25) is 37.8 Å². The van der Waals surface area contributed by atoms with E-state index in [-0.39, 0.29) is 17.2 Å². The molecule has 0 aromatic rings. The van der Waals surface area contributed by atoms with Gasteiger partial charge >= 0.3 is 0 Å². The lowest BCUT2D eigenvalue weighted by molar-refractivity contribution is -0.152. The van der Waals surface area contributed by atoms with E-state index in [9.17, 15) is 0 Å². The van der Waals surface area contributed by atoms with Gasteiger partial charge in [0.15, 0.2) is 14.1 Å². The first-order valence-electron chi connectivity index (χ1n) is 11.0. The van der Waals surface area contributed by atoms with Crippen LogP contribution >= 0.6 is 0 Å². The third kappa shape index (κ3) is 8.71. The Morgan fingerprint density at radius 1 is 1.04 bits per heavy atom. The lowest BCUT2D eigenvalue weighted by Gasteiger charge is -2.37. The number of ether oxygens (including phenoxy) is 2. The molecule has 0 N–H and O–H groups in total. The fourth-order valence-electron chi connectivity index (χ4n) is 3.15. The molecule has 1 aliphatic rings. The van der Waals surface area contributed by atoms with Gasteiger partial charge < -0.3 is 13.9 Å². The number of hydrogen-bond acceptors (Lipinski definition) is 3. The summed E-state index contributed by atoms with van der Waals surface area (Å²) in [6.07, 6.45) is 4.65. The van der Waals surface area contributed by atoms with Crippen molar-refractivity contribution < 1.29 is 13.9 Å². The van der Waals surface area contributed by atoms with Crippen LogP contribution in [0.4, 0.5) is 0 Å². The quantitative estimate of drug-likeness (QED) is 0.248. The molecule has 0 unspecified atom stereocenters. The second-order valence-corrected chi connectivity index (χ2v) is 21.0. The summed E-state index contributed by atoms with van der Waals surface area (Å²) in [7, 11) is -3.02. The first-order valence-corrected chi connectivity index (χ1v) is 17.4. The summed E-state index contributed by atoms with van der Waals surface area (Å²) in [4.78, 5) is 0. The highest BCUT2D eigenvalue weighted by atomic mass is 28.4. The Morgan fingerprint density at radius 2 is 1.64 bits per heavy atom. The van der Waals surface area contributed by atoms with E-state index in [1.807, 2.05) is 13.8 Å². The molecule has 164 valence electrons. The molecule has 1 rings (SSSR count). The van der Waals surface area contributed by atoms with E-state index in [2.05, 4.69) is 71.9 Å². The molecule has 1 aliphatic heterocycles. The molecule has 0 amide bonds. The summed E-state index contributed by atoms with van der Waals surface area (Å²) in [5.41, 5.74) is 3.46. The molecule has 0 aliphatic carbocycles. The molecule has 0 spiro atoms. The van der Waals surface area contributed by atoms with E-state index < -0.39 is 22.2 Å². The molecule has 3 atom stereocenters. The van der Waals surface area contributed by atoms with Gasteiger partial charge in [0, 0.05) is 6.42 Å². The molecule has 5 heteroatoms. The summed E-state index contributed by atoms with van der Waals surface area (Å²) >= 11 is 0. The monoisotopic (exact) mass is 426 g/mol. The molecule has 0 radical (unpaired) electrons. The highest BCUT2D eigenvalue weighted by Gasteiger charge is 2.45. The number of rotatable bonds is 8. The van der Waals surface area contributed by atoms with E-state index in [1.165, 1.54) is 12.8 Å². The minimum atomic E-state index is -1.79.